The molecular formula is C17H19NO5. The molecule has 2 rings (SSSR count). The molecule has 0 radical (unpaired) electrons. The molecule has 1 aromatic heterocycles. The highest BCUT2D eigenvalue weighted by molar-refractivity contribution is 5.92. The smallest absolute Gasteiger partial charge is 0.303 e. The van der Waals surface area contributed by atoms with Crippen molar-refractivity contribution < 1.29 is 23.8 Å². The third kappa shape index (κ3) is 5.18. The van der Waals surface area contributed by atoms with Crippen molar-refractivity contribution in [3.63, 3.8) is 0 Å². The standard InChI is InChI=1S/C17H19NO5/c1-17(2,11-10-14(19)20)18-16(21)13-8-9-15(23-13)22-12-6-4-3-5-7-12/h3-9H,10-11H2,1-2H3,(H,18,21)(H,19,20). The molecule has 0 atom stereocenters. The Bertz CT molecular complexity index is 675. The van der Waals surface area contributed by atoms with Gasteiger partial charge in [0.15, 0.2) is 5.76 Å². The Balaban J connectivity index is 1.96. The number of rotatable bonds is 7. The van der Waals surface area contributed by atoms with E-state index in [4.69, 9.17) is 14.3 Å². The van der Waals surface area contributed by atoms with Crippen molar-refractivity contribution in [2.45, 2.75) is 32.2 Å². The number of carbonyl (C=O) groups is 2. The number of aliphatic carboxylic acids is 1. The van der Waals surface area contributed by atoms with Gasteiger partial charge in [0.05, 0.1) is 0 Å². The van der Waals surface area contributed by atoms with Gasteiger partial charge in [0.1, 0.15) is 5.75 Å². The molecule has 6 nitrogen and oxygen atoms in total. The summed E-state index contributed by atoms with van der Waals surface area (Å²) in [6.07, 6.45) is 0.302. The summed E-state index contributed by atoms with van der Waals surface area (Å²) in [4.78, 5) is 22.8. The molecule has 122 valence electrons. The highest BCUT2D eigenvalue weighted by Gasteiger charge is 2.24. The van der Waals surface area contributed by atoms with Crippen LogP contribution in [-0.2, 0) is 4.79 Å². The number of hydrogen-bond acceptors (Lipinski definition) is 4. The SMILES string of the molecule is CC(C)(CCC(=O)O)NC(=O)c1ccc(Oc2ccccc2)o1. The van der Waals surface area contributed by atoms with Crippen LogP contribution in [0.5, 0.6) is 11.7 Å². The number of carboxylic acid groups (broad SMARTS) is 1. The zero-order valence-corrected chi connectivity index (χ0v) is 13.0. The zero-order chi connectivity index (χ0) is 16.9. The molecule has 6 heteroatoms. The second-order valence-electron chi connectivity index (χ2n) is 5.77. The molecule has 0 aliphatic rings. The van der Waals surface area contributed by atoms with Crippen molar-refractivity contribution >= 4 is 11.9 Å². The summed E-state index contributed by atoms with van der Waals surface area (Å²) in [7, 11) is 0. The maximum Gasteiger partial charge on any atom is 0.303 e. The van der Waals surface area contributed by atoms with Crippen molar-refractivity contribution in [1.82, 2.24) is 5.32 Å². The molecular weight excluding hydrogens is 298 g/mol. The summed E-state index contributed by atoms with van der Waals surface area (Å²) in [6.45, 7) is 3.52. The largest absolute Gasteiger partial charge is 0.481 e. The lowest BCUT2D eigenvalue weighted by atomic mass is 9.98. The van der Waals surface area contributed by atoms with Gasteiger partial charge in [0.25, 0.3) is 11.9 Å². The molecule has 0 aliphatic heterocycles. The molecule has 1 heterocycles. The minimum atomic E-state index is -0.899. The summed E-state index contributed by atoms with van der Waals surface area (Å²) >= 11 is 0. The van der Waals surface area contributed by atoms with Crippen molar-refractivity contribution in [3.05, 3.63) is 48.2 Å². The Hall–Kier alpha value is -2.76. The van der Waals surface area contributed by atoms with Crippen LogP contribution in [0.2, 0.25) is 0 Å². The fourth-order valence-corrected chi connectivity index (χ4v) is 1.95. The first-order chi connectivity index (χ1) is 10.9. The van der Waals surface area contributed by atoms with Crippen molar-refractivity contribution in [2.75, 3.05) is 0 Å². The first-order valence-electron chi connectivity index (χ1n) is 7.23. The van der Waals surface area contributed by atoms with Gasteiger partial charge in [-0.1, -0.05) is 18.2 Å². The second kappa shape index (κ2) is 7.00. The molecule has 0 aliphatic carbocycles. The van der Waals surface area contributed by atoms with Crippen LogP contribution in [0, 0.1) is 0 Å². The van der Waals surface area contributed by atoms with Crippen LogP contribution < -0.4 is 10.1 Å². The lowest BCUT2D eigenvalue weighted by molar-refractivity contribution is -0.137. The molecule has 1 aromatic carbocycles. The Labute approximate surface area is 134 Å². The number of carboxylic acids is 1. The number of para-hydroxylation sites is 1. The quantitative estimate of drug-likeness (QED) is 0.816. The molecule has 1 amide bonds. The highest BCUT2D eigenvalue weighted by atomic mass is 16.6. The van der Waals surface area contributed by atoms with Gasteiger partial charge >= 0.3 is 5.97 Å². The molecule has 0 fully saturated rings. The molecule has 0 bridgehead atoms. The van der Waals surface area contributed by atoms with Crippen LogP contribution >= 0.6 is 0 Å². The van der Waals surface area contributed by atoms with Gasteiger partial charge in [-0.15, -0.1) is 0 Å². The summed E-state index contributed by atoms with van der Waals surface area (Å²) in [5.41, 5.74) is -0.650. The van der Waals surface area contributed by atoms with Crippen LogP contribution in [0.3, 0.4) is 0 Å². The van der Waals surface area contributed by atoms with E-state index in [1.54, 1.807) is 32.0 Å². The van der Waals surface area contributed by atoms with Crippen LogP contribution in [0.4, 0.5) is 0 Å². The number of carbonyl (C=O) groups excluding carboxylic acids is 1. The molecule has 2 aromatic rings. The topological polar surface area (TPSA) is 88.8 Å². The summed E-state index contributed by atoms with van der Waals surface area (Å²) in [5, 5.41) is 11.5. The van der Waals surface area contributed by atoms with E-state index in [-0.39, 0.29) is 18.1 Å². The third-order valence-corrected chi connectivity index (χ3v) is 3.18. The molecule has 2 N–H and O–H groups in total. The van der Waals surface area contributed by atoms with Crippen LogP contribution in [0.15, 0.2) is 46.9 Å². The Kier molecular flexibility index (Phi) is 5.05. The van der Waals surface area contributed by atoms with Gasteiger partial charge in [-0.3, -0.25) is 9.59 Å². The van der Waals surface area contributed by atoms with Crippen LogP contribution in [0.25, 0.3) is 0 Å². The van der Waals surface area contributed by atoms with Crippen LogP contribution in [-0.4, -0.2) is 22.5 Å². The van der Waals surface area contributed by atoms with Gasteiger partial charge in [-0.25, -0.2) is 0 Å². The van der Waals surface area contributed by atoms with E-state index in [9.17, 15) is 9.59 Å². The van der Waals surface area contributed by atoms with E-state index in [1.165, 1.54) is 6.07 Å². The monoisotopic (exact) mass is 317 g/mol. The number of furan rings is 1. The number of ether oxygens (including phenoxy) is 1. The number of nitrogens with one attached hydrogen (secondary N) is 1. The van der Waals surface area contributed by atoms with Gasteiger partial charge in [0, 0.05) is 18.0 Å². The maximum atomic E-state index is 12.2. The fourth-order valence-electron chi connectivity index (χ4n) is 1.95. The van der Waals surface area contributed by atoms with Gasteiger partial charge < -0.3 is 19.6 Å². The van der Waals surface area contributed by atoms with Crippen molar-refractivity contribution in [3.8, 4) is 11.7 Å². The van der Waals surface area contributed by atoms with E-state index >= 15 is 0 Å². The Morgan fingerprint density at radius 1 is 1.17 bits per heavy atom. The Morgan fingerprint density at radius 3 is 2.52 bits per heavy atom. The van der Waals surface area contributed by atoms with Gasteiger partial charge in [-0.05, 0) is 38.5 Å². The zero-order valence-electron chi connectivity index (χ0n) is 13.0. The van der Waals surface area contributed by atoms with E-state index < -0.39 is 17.4 Å². The summed E-state index contributed by atoms with van der Waals surface area (Å²) in [6, 6.07) is 12.2. The van der Waals surface area contributed by atoms with E-state index in [2.05, 4.69) is 5.32 Å². The summed E-state index contributed by atoms with van der Waals surface area (Å²) < 4.78 is 10.9. The molecule has 0 unspecified atom stereocenters. The minimum Gasteiger partial charge on any atom is -0.481 e. The number of hydrogen-bond donors (Lipinski definition) is 2. The van der Waals surface area contributed by atoms with Gasteiger partial charge in [-0.2, -0.15) is 0 Å². The maximum absolute atomic E-state index is 12.2. The number of amides is 1. The lowest BCUT2D eigenvalue weighted by Gasteiger charge is -2.24. The van der Waals surface area contributed by atoms with Crippen LogP contribution in [0.1, 0.15) is 37.2 Å². The van der Waals surface area contributed by atoms with Crippen molar-refractivity contribution in [1.29, 1.82) is 0 Å². The first-order valence-corrected chi connectivity index (χ1v) is 7.23. The van der Waals surface area contributed by atoms with E-state index in [1.807, 2.05) is 18.2 Å². The molecule has 23 heavy (non-hydrogen) atoms. The molecule has 0 saturated carbocycles. The predicted octanol–water partition coefficient (Wildman–Crippen LogP) is 3.45. The highest BCUT2D eigenvalue weighted by Crippen LogP contribution is 2.24. The van der Waals surface area contributed by atoms with E-state index in [0.717, 1.165) is 0 Å². The fraction of sp³-hybridized carbons (Fsp3) is 0.294. The number of benzene rings is 1. The van der Waals surface area contributed by atoms with E-state index in [0.29, 0.717) is 12.2 Å². The molecule has 0 saturated heterocycles. The third-order valence-electron chi connectivity index (χ3n) is 3.18. The molecule has 0 spiro atoms. The predicted molar refractivity (Wildman–Crippen MR) is 83.6 cm³/mol. The average molecular weight is 317 g/mol. The van der Waals surface area contributed by atoms with Crippen molar-refractivity contribution in [2.24, 2.45) is 0 Å². The lowest BCUT2D eigenvalue weighted by Crippen LogP contribution is -2.43. The Morgan fingerprint density at radius 2 is 1.87 bits per heavy atom. The summed E-state index contributed by atoms with van der Waals surface area (Å²) in [5.74, 6) is -0.383. The normalized spacial score (nSPS) is 11.0. The first kappa shape index (κ1) is 16.6. The average Bonchev–Trinajstić information content (AvgIpc) is 2.95. The minimum absolute atomic E-state index is 0.0200. The second-order valence-corrected chi connectivity index (χ2v) is 5.77. The van der Waals surface area contributed by atoms with Gasteiger partial charge in [0.2, 0.25) is 0 Å².